The molecular formula is C10H8N2O. The molecule has 0 saturated heterocycles. The second-order valence-corrected chi connectivity index (χ2v) is 3.14. The molecule has 0 N–H and O–H groups in total. The second kappa shape index (κ2) is 2.42. The number of hydrogen-bond acceptors (Lipinski definition) is 3. The number of aromatic nitrogens is 2. The number of ether oxygens (including phenoxy) is 1. The molecule has 2 aromatic rings. The van der Waals surface area contributed by atoms with Crippen molar-refractivity contribution in [3.05, 3.63) is 30.2 Å². The highest BCUT2D eigenvalue weighted by atomic mass is 16.5. The van der Waals surface area contributed by atoms with Crippen molar-refractivity contribution in [2.75, 3.05) is 6.61 Å². The lowest BCUT2D eigenvalue weighted by Gasteiger charge is -2.00. The van der Waals surface area contributed by atoms with Crippen LogP contribution in [-0.2, 0) is 6.42 Å². The van der Waals surface area contributed by atoms with Gasteiger partial charge < -0.3 is 4.74 Å². The molecule has 1 aromatic heterocycles. The second-order valence-electron chi connectivity index (χ2n) is 3.14. The van der Waals surface area contributed by atoms with E-state index < -0.39 is 0 Å². The number of rotatable bonds is 0. The van der Waals surface area contributed by atoms with Crippen molar-refractivity contribution in [1.82, 2.24) is 9.97 Å². The molecule has 1 aliphatic rings. The third-order valence-electron chi connectivity index (χ3n) is 2.32. The van der Waals surface area contributed by atoms with Crippen molar-refractivity contribution in [2.45, 2.75) is 6.42 Å². The first-order chi connectivity index (χ1) is 6.43. The number of nitrogens with zero attached hydrogens (tertiary/aromatic N) is 2. The van der Waals surface area contributed by atoms with Crippen molar-refractivity contribution in [2.24, 2.45) is 0 Å². The molecule has 64 valence electrons. The van der Waals surface area contributed by atoms with Gasteiger partial charge in [-0.25, -0.2) is 9.97 Å². The molecular weight excluding hydrogens is 164 g/mol. The Bertz CT molecular complexity index is 425. The third-order valence-corrected chi connectivity index (χ3v) is 2.32. The first-order valence-corrected chi connectivity index (χ1v) is 4.29. The highest BCUT2D eigenvalue weighted by Crippen LogP contribution is 2.28. The van der Waals surface area contributed by atoms with Gasteiger partial charge >= 0.3 is 0 Å². The molecule has 3 rings (SSSR count). The summed E-state index contributed by atoms with van der Waals surface area (Å²) >= 11 is 0. The maximum Gasteiger partial charge on any atom is 0.124 e. The van der Waals surface area contributed by atoms with E-state index in [-0.39, 0.29) is 0 Å². The average Bonchev–Trinajstić information content (AvgIpc) is 2.61. The van der Waals surface area contributed by atoms with Crippen LogP contribution < -0.4 is 4.74 Å². The first kappa shape index (κ1) is 6.83. The van der Waals surface area contributed by atoms with E-state index in [1.807, 2.05) is 12.3 Å². The van der Waals surface area contributed by atoms with Crippen molar-refractivity contribution in [1.29, 1.82) is 0 Å². The largest absolute Gasteiger partial charge is 0.493 e. The van der Waals surface area contributed by atoms with E-state index in [4.69, 9.17) is 4.74 Å². The normalized spacial score (nSPS) is 14.2. The fraction of sp³-hybridized carbons (Fsp3) is 0.200. The summed E-state index contributed by atoms with van der Waals surface area (Å²) in [6.07, 6.45) is 4.39. The predicted molar refractivity (Wildman–Crippen MR) is 48.7 cm³/mol. The standard InChI is InChI=1S/C10H8N2O/c1-2-13-10-4-9-8(3-7(1)10)5-11-6-12-9/h3-6H,1-2H2. The van der Waals surface area contributed by atoms with Gasteiger partial charge in [-0.05, 0) is 11.6 Å². The van der Waals surface area contributed by atoms with E-state index in [1.165, 1.54) is 5.56 Å². The molecule has 2 heterocycles. The van der Waals surface area contributed by atoms with Crippen LogP contribution in [0.25, 0.3) is 10.9 Å². The van der Waals surface area contributed by atoms with Crippen LogP contribution in [0.1, 0.15) is 5.56 Å². The zero-order chi connectivity index (χ0) is 8.67. The number of fused-ring (bicyclic) bond motifs is 2. The van der Waals surface area contributed by atoms with Crippen LogP contribution in [0.15, 0.2) is 24.7 Å². The molecule has 0 atom stereocenters. The van der Waals surface area contributed by atoms with E-state index in [2.05, 4.69) is 16.0 Å². The maximum atomic E-state index is 5.45. The zero-order valence-electron chi connectivity index (χ0n) is 7.03. The molecule has 0 saturated carbocycles. The van der Waals surface area contributed by atoms with Crippen LogP contribution in [0.5, 0.6) is 5.75 Å². The van der Waals surface area contributed by atoms with Crippen LogP contribution in [-0.4, -0.2) is 16.6 Å². The number of hydrogen-bond donors (Lipinski definition) is 0. The SMILES string of the molecule is c1ncc2cc3c(cc2n1)OCC3. The summed E-state index contributed by atoms with van der Waals surface area (Å²) in [5.74, 6) is 0.978. The first-order valence-electron chi connectivity index (χ1n) is 4.29. The lowest BCUT2D eigenvalue weighted by molar-refractivity contribution is 0.357. The smallest absolute Gasteiger partial charge is 0.124 e. The molecule has 1 aliphatic heterocycles. The fourth-order valence-electron chi connectivity index (χ4n) is 1.66. The van der Waals surface area contributed by atoms with E-state index in [1.54, 1.807) is 6.33 Å². The third kappa shape index (κ3) is 0.967. The van der Waals surface area contributed by atoms with Gasteiger partial charge in [-0.3, -0.25) is 0 Å². The van der Waals surface area contributed by atoms with E-state index in [0.29, 0.717) is 0 Å². The minimum atomic E-state index is 0.791. The Morgan fingerprint density at radius 2 is 2.31 bits per heavy atom. The van der Waals surface area contributed by atoms with E-state index in [9.17, 15) is 0 Å². The summed E-state index contributed by atoms with van der Waals surface area (Å²) < 4.78 is 5.45. The Kier molecular flexibility index (Phi) is 1.27. The molecule has 3 heteroatoms. The topological polar surface area (TPSA) is 35.0 Å². The number of benzene rings is 1. The van der Waals surface area contributed by atoms with E-state index >= 15 is 0 Å². The Labute approximate surface area is 75.4 Å². The van der Waals surface area contributed by atoms with Gasteiger partial charge in [-0.1, -0.05) is 0 Å². The van der Waals surface area contributed by atoms with Gasteiger partial charge in [0.15, 0.2) is 0 Å². The Balaban J connectivity index is 2.36. The lowest BCUT2D eigenvalue weighted by atomic mass is 10.1. The van der Waals surface area contributed by atoms with Crippen molar-refractivity contribution in [3.63, 3.8) is 0 Å². The molecule has 0 unspecified atom stereocenters. The molecule has 0 radical (unpaired) electrons. The highest BCUT2D eigenvalue weighted by molar-refractivity contribution is 5.80. The predicted octanol–water partition coefficient (Wildman–Crippen LogP) is 1.56. The summed E-state index contributed by atoms with van der Waals surface area (Å²) in [6.45, 7) is 0.791. The molecule has 0 fully saturated rings. The van der Waals surface area contributed by atoms with Gasteiger partial charge in [0.1, 0.15) is 12.1 Å². The average molecular weight is 172 g/mol. The van der Waals surface area contributed by atoms with E-state index in [0.717, 1.165) is 29.7 Å². The quantitative estimate of drug-likeness (QED) is 0.605. The summed E-state index contributed by atoms with van der Waals surface area (Å²) in [5.41, 5.74) is 2.22. The summed E-state index contributed by atoms with van der Waals surface area (Å²) in [4.78, 5) is 8.15. The molecule has 0 bridgehead atoms. The van der Waals surface area contributed by atoms with Gasteiger partial charge in [0, 0.05) is 24.1 Å². The van der Waals surface area contributed by atoms with Crippen molar-refractivity contribution < 1.29 is 4.74 Å². The molecule has 13 heavy (non-hydrogen) atoms. The van der Waals surface area contributed by atoms with Crippen LogP contribution in [0.2, 0.25) is 0 Å². The Morgan fingerprint density at radius 3 is 3.31 bits per heavy atom. The summed E-state index contributed by atoms with van der Waals surface area (Å²) in [6, 6.07) is 4.09. The van der Waals surface area contributed by atoms with Crippen molar-refractivity contribution in [3.8, 4) is 5.75 Å². The Morgan fingerprint density at radius 1 is 1.31 bits per heavy atom. The molecule has 1 aromatic carbocycles. The van der Waals surface area contributed by atoms with Gasteiger partial charge in [0.25, 0.3) is 0 Å². The van der Waals surface area contributed by atoms with Gasteiger partial charge in [-0.15, -0.1) is 0 Å². The summed E-state index contributed by atoms with van der Waals surface area (Å²) in [7, 11) is 0. The van der Waals surface area contributed by atoms with Crippen LogP contribution in [0.3, 0.4) is 0 Å². The molecule has 0 amide bonds. The lowest BCUT2D eigenvalue weighted by Crippen LogP contribution is -1.86. The van der Waals surface area contributed by atoms with Crippen molar-refractivity contribution >= 4 is 10.9 Å². The zero-order valence-corrected chi connectivity index (χ0v) is 7.03. The molecule has 3 nitrogen and oxygen atoms in total. The van der Waals surface area contributed by atoms with Crippen LogP contribution in [0, 0.1) is 0 Å². The minimum Gasteiger partial charge on any atom is -0.493 e. The van der Waals surface area contributed by atoms with Gasteiger partial charge in [0.2, 0.25) is 0 Å². The highest BCUT2D eigenvalue weighted by Gasteiger charge is 2.12. The van der Waals surface area contributed by atoms with Gasteiger partial charge in [0.05, 0.1) is 12.1 Å². The Hall–Kier alpha value is -1.64. The van der Waals surface area contributed by atoms with Crippen LogP contribution in [0.4, 0.5) is 0 Å². The van der Waals surface area contributed by atoms with Gasteiger partial charge in [-0.2, -0.15) is 0 Å². The minimum absolute atomic E-state index is 0.791. The monoisotopic (exact) mass is 172 g/mol. The van der Waals surface area contributed by atoms with Crippen LogP contribution >= 0.6 is 0 Å². The molecule has 0 aliphatic carbocycles. The summed E-state index contributed by atoms with van der Waals surface area (Å²) in [5, 5.41) is 1.09. The molecule has 0 spiro atoms. The fourth-order valence-corrected chi connectivity index (χ4v) is 1.66. The maximum absolute atomic E-state index is 5.45.